The van der Waals surface area contributed by atoms with Crippen LogP contribution in [0.25, 0.3) is 6.08 Å². The topological polar surface area (TPSA) is 66.0 Å². The highest BCUT2D eigenvalue weighted by Crippen LogP contribution is 2.49. The van der Waals surface area contributed by atoms with Gasteiger partial charge in [0.2, 0.25) is 0 Å². The van der Waals surface area contributed by atoms with Crippen LogP contribution in [-0.2, 0) is 0 Å². The van der Waals surface area contributed by atoms with Gasteiger partial charge in [0.15, 0.2) is 0 Å². The first kappa shape index (κ1) is 20.5. The van der Waals surface area contributed by atoms with Crippen LogP contribution >= 0.6 is 0 Å². The standard InChI is InChI=1S/C25H26N2O2/c1-25(2)14-20(21(15-26)16-27)12-19-11-17(6-10-23(19)25)5-7-18-8-9-22(28-3)13-24(18)29-4/h5,7-9,11-13,23H,6,10,14H2,1-4H3. The van der Waals surface area contributed by atoms with E-state index in [0.717, 1.165) is 41.9 Å². The van der Waals surface area contributed by atoms with Gasteiger partial charge in [0, 0.05) is 11.6 Å². The highest BCUT2D eigenvalue weighted by atomic mass is 16.5. The number of rotatable bonds is 4. The van der Waals surface area contributed by atoms with Gasteiger partial charge < -0.3 is 9.47 Å². The van der Waals surface area contributed by atoms with E-state index in [1.165, 1.54) is 11.1 Å². The molecule has 0 aromatic heterocycles. The molecule has 4 nitrogen and oxygen atoms in total. The third-order valence-corrected chi connectivity index (χ3v) is 5.87. The Morgan fingerprint density at radius 3 is 2.52 bits per heavy atom. The van der Waals surface area contributed by atoms with Gasteiger partial charge in [-0.2, -0.15) is 10.5 Å². The molecule has 4 heteroatoms. The minimum atomic E-state index is 0.0311. The number of benzene rings is 1. The summed E-state index contributed by atoms with van der Waals surface area (Å²) in [5.74, 6) is 1.97. The summed E-state index contributed by atoms with van der Waals surface area (Å²) >= 11 is 0. The van der Waals surface area contributed by atoms with Crippen LogP contribution in [0.5, 0.6) is 11.5 Å². The molecule has 3 rings (SSSR count). The van der Waals surface area contributed by atoms with E-state index in [1.807, 2.05) is 30.3 Å². The molecule has 148 valence electrons. The number of nitrogens with zero attached hydrogens (tertiary/aromatic N) is 2. The van der Waals surface area contributed by atoms with Crippen molar-refractivity contribution in [3.05, 3.63) is 64.3 Å². The largest absolute Gasteiger partial charge is 0.497 e. The van der Waals surface area contributed by atoms with E-state index >= 15 is 0 Å². The summed E-state index contributed by atoms with van der Waals surface area (Å²) in [6.45, 7) is 4.46. The molecule has 0 radical (unpaired) electrons. The van der Waals surface area contributed by atoms with E-state index in [1.54, 1.807) is 14.2 Å². The zero-order chi connectivity index (χ0) is 21.0. The molecule has 0 bridgehead atoms. The number of ether oxygens (including phenoxy) is 2. The lowest BCUT2D eigenvalue weighted by Crippen LogP contribution is -2.31. The molecule has 0 spiro atoms. The monoisotopic (exact) mass is 386 g/mol. The minimum Gasteiger partial charge on any atom is -0.497 e. The molecule has 1 unspecified atom stereocenters. The fourth-order valence-corrected chi connectivity index (χ4v) is 4.33. The average Bonchev–Trinajstić information content (AvgIpc) is 2.72. The van der Waals surface area contributed by atoms with Crippen molar-refractivity contribution in [2.75, 3.05) is 14.2 Å². The Hall–Kier alpha value is -3.24. The van der Waals surface area contributed by atoms with Gasteiger partial charge in [-0.1, -0.05) is 38.2 Å². The fourth-order valence-electron chi connectivity index (χ4n) is 4.33. The summed E-state index contributed by atoms with van der Waals surface area (Å²) < 4.78 is 10.7. The lowest BCUT2D eigenvalue weighted by atomic mass is 9.62. The lowest BCUT2D eigenvalue weighted by molar-refractivity contribution is 0.225. The van der Waals surface area contributed by atoms with Crippen LogP contribution in [0.1, 0.15) is 38.7 Å². The van der Waals surface area contributed by atoms with Crippen molar-refractivity contribution in [1.82, 2.24) is 0 Å². The van der Waals surface area contributed by atoms with Gasteiger partial charge >= 0.3 is 0 Å². The molecule has 0 amide bonds. The van der Waals surface area contributed by atoms with Gasteiger partial charge in [-0.05, 0) is 59.4 Å². The molecule has 0 fully saturated rings. The predicted octanol–water partition coefficient (Wildman–Crippen LogP) is 5.75. The third-order valence-electron chi connectivity index (χ3n) is 5.87. The SMILES string of the molecule is COc1ccc(C=CC2=CC3=CC(=C(C#N)C#N)CC(C)(C)C3CC2)c(OC)c1. The molecule has 0 N–H and O–H groups in total. The summed E-state index contributed by atoms with van der Waals surface area (Å²) in [4.78, 5) is 0. The Bertz CT molecular complexity index is 994. The smallest absolute Gasteiger partial charge is 0.132 e. The summed E-state index contributed by atoms with van der Waals surface area (Å²) in [5.41, 5.74) is 4.55. The van der Waals surface area contributed by atoms with Gasteiger partial charge in [-0.3, -0.25) is 0 Å². The number of nitriles is 2. The second-order valence-corrected chi connectivity index (χ2v) is 8.19. The van der Waals surface area contributed by atoms with Crippen LogP contribution in [0.4, 0.5) is 0 Å². The highest BCUT2D eigenvalue weighted by molar-refractivity contribution is 5.62. The predicted molar refractivity (Wildman–Crippen MR) is 114 cm³/mol. The first-order chi connectivity index (χ1) is 13.9. The van der Waals surface area contributed by atoms with Gasteiger partial charge in [-0.25, -0.2) is 0 Å². The van der Waals surface area contributed by atoms with Gasteiger partial charge in [0.25, 0.3) is 0 Å². The van der Waals surface area contributed by atoms with E-state index in [-0.39, 0.29) is 11.0 Å². The maximum atomic E-state index is 9.29. The Labute approximate surface area is 173 Å². The summed E-state index contributed by atoms with van der Waals surface area (Å²) in [7, 11) is 3.29. The van der Waals surface area contributed by atoms with E-state index in [4.69, 9.17) is 9.47 Å². The van der Waals surface area contributed by atoms with E-state index in [0.29, 0.717) is 5.92 Å². The molecule has 2 aliphatic rings. The van der Waals surface area contributed by atoms with E-state index < -0.39 is 0 Å². The molecule has 2 aliphatic carbocycles. The Morgan fingerprint density at radius 2 is 1.86 bits per heavy atom. The number of hydrogen-bond donors (Lipinski definition) is 0. The summed E-state index contributed by atoms with van der Waals surface area (Å²) in [6, 6.07) is 9.88. The van der Waals surface area contributed by atoms with Crippen molar-refractivity contribution in [2.24, 2.45) is 11.3 Å². The summed E-state index contributed by atoms with van der Waals surface area (Å²) in [6.07, 6.45) is 11.3. The first-order valence-corrected chi connectivity index (χ1v) is 9.77. The second-order valence-electron chi connectivity index (χ2n) is 8.19. The number of fused-ring (bicyclic) bond motifs is 1. The maximum absolute atomic E-state index is 9.29. The number of hydrogen-bond acceptors (Lipinski definition) is 4. The lowest BCUT2D eigenvalue weighted by Gasteiger charge is -2.41. The van der Waals surface area contributed by atoms with Crippen molar-refractivity contribution in [3.8, 4) is 23.6 Å². The van der Waals surface area contributed by atoms with E-state index in [9.17, 15) is 10.5 Å². The van der Waals surface area contributed by atoms with Crippen molar-refractivity contribution in [3.63, 3.8) is 0 Å². The Morgan fingerprint density at radius 1 is 1.10 bits per heavy atom. The van der Waals surface area contributed by atoms with Crippen LogP contribution in [-0.4, -0.2) is 14.2 Å². The molecule has 0 aliphatic heterocycles. The molecule has 0 saturated heterocycles. The van der Waals surface area contributed by atoms with Crippen molar-refractivity contribution in [1.29, 1.82) is 10.5 Å². The van der Waals surface area contributed by atoms with Gasteiger partial charge in [-0.15, -0.1) is 0 Å². The van der Waals surface area contributed by atoms with Crippen LogP contribution in [0.2, 0.25) is 0 Å². The third kappa shape index (κ3) is 4.28. The van der Waals surface area contributed by atoms with E-state index in [2.05, 4.69) is 38.2 Å². The molecule has 1 atom stereocenters. The highest BCUT2D eigenvalue weighted by Gasteiger charge is 2.37. The van der Waals surface area contributed by atoms with Gasteiger partial charge in [0.05, 0.1) is 14.2 Å². The molecule has 1 aromatic rings. The zero-order valence-electron chi connectivity index (χ0n) is 17.5. The first-order valence-electron chi connectivity index (χ1n) is 9.77. The number of methoxy groups -OCH3 is 2. The van der Waals surface area contributed by atoms with Crippen molar-refractivity contribution < 1.29 is 9.47 Å². The minimum absolute atomic E-state index is 0.0311. The molecule has 1 aromatic carbocycles. The molecule has 0 heterocycles. The average molecular weight is 386 g/mol. The molecular weight excluding hydrogens is 360 g/mol. The Kier molecular flexibility index (Phi) is 5.95. The van der Waals surface area contributed by atoms with Crippen LogP contribution < -0.4 is 9.47 Å². The normalized spacial score (nSPS) is 20.1. The van der Waals surface area contributed by atoms with Crippen molar-refractivity contribution in [2.45, 2.75) is 33.1 Å². The Balaban J connectivity index is 1.94. The quantitative estimate of drug-likeness (QED) is 0.618. The second kappa shape index (κ2) is 8.41. The van der Waals surface area contributed by atoms with Crippen LogP contribution in [0.15, 0.2) is 58.7 Å². The van der Waals surface area contributed by atoms with Gasteiger partial charge in [0.1, 0.15) is 29.2 Å². The fraction of sp³-hybridized carbons (Fsp3) is 0.360. The molecule has 0 saturated carbocycles. The van der Waals surface area contributed by atoms with Crippen molar-refractivity contribution >= 4 is 6.08 Å². The molecular formula is C25H26N2O2. The number of allylic oxidation sites excluding steroid dienone is 7. The maximum Gasteiger partial charge on any atom is 0.132 e. The summed E-state index contributed by atoms with van der Waals surface area (Å²) in [5, 5.41) is 18.6. The van der Waals surface area contributed by atoms with Crippen LogP contribution in [0.3, 0.4) is 0 Å². The van der Waals surface area contributed by atoms with Crippen LogP contribution in [0, 0.1) is 34.0 Å². The zero-order valence-corrected chi connectivity index (χ0v) is 17.5. The molecule has 29 heavy (non-hydrogen) atoms.